The third kappa shape index (κ3) is 4.22. The van der Waals surface area contributed by atoms with E-state index in [4.69, 9.17) is 9.15 Å². The van der Waals surface area contributed by atoms with Gasteiger partial charge >= 0.3 is 5.97 Å². The number of hydrogen-bond donors (Lipinski definition) is 0. The van der Waals surface area contributed by atoms with E-state index >= 15 is 0 Å². The smallest absolute Gasteiger partial charge is 0.343 e. The molecule has 0 radical (unpaired) electrons. The summed E-state index contributed by atoms with van der Waals surface area (Å²) in [7, 11) is 0. The zero-order valence-electron chi connectivity index (χ0n) is 18.8. The molecule has 0 fully saturated rings. The molecule has 3 aromatic carbocycles. The summed E-state index contributed by atoms with van der Waals surface area (Å²) in [5.74, 6) is -0.449. The molecule has 0 atom stereocenters. The van der Waals surface area contributed by atoms with Gasteiger partial charge in [0, 0.05) is 5.56 Å². The second-order valence-corrected chi connectivity index (χ2v) is 8.86. The van der Waals surface area contributed by atoms with E-state index in [0.29, 0.717) is 22.1 Å². The van der Waals surface area contributed by atoms with Crippen LogP contribution in [0.3, 0.4) is 0 Å². The lowest BCUT2D eigenvalue weighted by molar-refractivity contribution is 0.0731. The first-order chi connectivity index (χ1) is 15.3. The normalized spacial score (nSPS) is 11.5. The van der Waals surface area contributed by atoms with Crippen LogP contribution in [0.15, 0.2) is 82.0 Å². The van der Waals surface area contributed by atoms with Crippen molar-refractivity contribution < 1.29 is 13.9 Å². The maximum atomic E-state index is 13.4. The predicted octanol–water partition coefficient (Wildman–Crippen LogP) is 6.54. The highest BCUT2D eigenvalue weighted by Crippen LogP contribution is 2.32. The molecule has 0 bridgehead atoms. The highest BCUT2D eigenvalue weighted by molar-refractivity contribution is 5.93. The van der Waals surface area contributed by atoms with Crippen molar-refractivity contribution in [3.8, 4) is 17.1 Å². The maximum absolute atomic E-state index is 13.4. The minimum absolute atomic E-state index is 0.0285. The van der Waals surface area contributed by atoms with Crippen molar-refractivity contribution >= 4 is 16.9 Å². The molecule has 0 aliphatic heterocycles. The van der Waals surface area contributed by atoms with Gasteiger partial charge in [-0.2, -0.15) is 0 Å². The summed E-state index contributed by atoms with van der Waals surface area (Å²) in [6, 6.07) is 22.0. The van der Waals surface area contributed by atoms with Gasteiger partial charge in [-0.25, -0.2) is 4.79 Å². The van der Waals surface area contributed by atoms with Crippen LogP contribution in [0.1, 0.15) is 49.2 Å². The SMILES string of the molecule is CCc1ccc2oc(-c3ccccc3)c(OC(=O)c3ccc(C(C)(C)C)cc3)c(=O)c2c1. The summed E-state index contributed by atoms with van der Waals surface area (Å²) in [6.07, 6.45) is 0.783. The van der Waals surface area contributed by atoms with E-state index < -0.39 is 5.97 Å². The molecule has 0 unspecified atom stereocenters. The lowest BCUT2D eigenvalue weighted by atomic mass is 9.87. The Morgan fingerprint density at radius 1 is 0.938 bits per heavy atom. The van der Waals surface area contributed by atoms with Crippen molar-refractivity contribution in [3.63, 3.8) is 0 Å². The highest BCUT2D eigenvalue weighted by Gasteiger charge is 2.22. The number of benzene rings is 3. The molecule has 4 rings (SSSR count). The van der Waals surface area contributed by atoms with E-state index in [0.717, 1.165) is 17.5 Å². The number of hydrogen-bond acceptors (Lipinski definition) is 4. The third-order valence-electron chi connectivity index (χ3n) is 5.54. The average molecular weight is 427 g/mol. The number of esters is 1. The minimum atomic E-state index is -0.596. The summed E-state index contributed by atoms with van der Waals surface area (Å²) in [6.45, 7) is 8.34. The monoisotopic (exact) mass is 426 g/mol. The molecule has 0 spiro atoms. The summed E-state index contributed by atoms with van der Waals surface area (Å²) in [5, 5.41) is 0.398. The van der Waals surface area contributed by atoms with Gasteiger partial charge in [0.1, 0.15) is 5.58 Å². The van der Waals surface area contributed by atoms with Crippen molar-refractivity contribution in [1.82, 2.24) is 0 Å². The molecule has 1 heterocycles. The standard InChI is InChI=1S/C28H26O4/c1-5-18-11-16-23-22(17-18)24(29)26(25(31-23)19-9-7-6-8-10-19)32-27(30)20-12-14-21(15-13-20)28(2,3)4/h6-17H,5H2,1-4H3. The number of ether oxygens (including phenoxy) is 1. The number of rotatable bonds is 4. The molecule has 4 heteroatoms. The van der Waals surface area contributed by atoms with Gasteiger partial charge in [0.2, 0.25) is 11.2 Å². The van der Waals surface area contributed by atoms with Gasteiger partial charge in [-0.05, 0) is 47.2 Å². The molecule has 0 aliphatic rings. The van der Waals surface area contributed by atoms with Crippen LogP contribution in [0.4, 0.5) is 0 Å². The van der Waals surface area contributed by atoms with Crippen LogP contribution in [-0.2, 0) is 11.8 Å². The van der Waals surface area contributed by atoms with Gasteiger partial charge in [0.15, 0.2) is 5.76 Å². The molecular weight excluding hydrogens is 400 g/mol. The topological polar surface area (TPSA) is 56.5 Å². The van der Waals surface area contributed by atoms with Gasteiger partial charge in [-0.3, -0.25) is 4.79 Å². The van der Waals surface area contributed by atoms with E-state index in [-0.39, 0.29) is 22.4 Å². The van der Waals surface area contributed by atoms with Crippen molar-refractivity contribution in [2.75, 3.05) is 0 Å². The van der Waals surface area contributed by atoms with E-state index in [1.807, 2.05) is 55.5 Å². The van der Waals surface area contributed by atoms with Crippen molar-refractivity contribution in [2.24, 2.45) is 0 Å². The Hall–Kier alpha value is -3.66. The van der Waals surface area contributed by atoms with Gasteiger partial charge in [-0.15, -0.1) is 0 Å². The van der Waals surface area contributed by atoms with Crippen LogP contribution in [0.5, 0.6) is 5.75 Å². The zero-order valence-corrected chi connectivity index (χ0v) is 18.8. The molecule has 0 saturated carbocycles. The Morgan fingerprint density at radius 2 is 1.62 bits per heavy atom. The zero-order chi connectivity index (χ0) is 22.9. The average Bonchev–Trinajstić information content (AvgIpc) is 2.80. The molecule has 32 heavy (non-hydrogen) atoms. The van der Waals surface area contributed by atoms with Gasteiger partial charge in [0.25, 0.3) is 0 Å². The summed E-state index contributed by atoms with van der Waals surface area (Å²) < 4.78 is 11.8. The van der Waals surface area contributed by atoms with Gasteiger partial charge < -0.3 is 9.15 Å². The van der Waals surface area contributed by atoms with E-state index in [2.05, 4.69) is 20.8 Å². The summed E-state index contributed by atoms with van der Waals surface area (Å²) in [5.41, 5.74) is 3.22. The van der Waals surface area contributed by atoms with Crippen LogP contribution >= 0.6 is 0 Å². The van der Waals surface area contributed by atoms with E-state index in [1.54, 1.807) is 24.3 Å². The molecule has 4 aromatic rings. The van der Waals surface area contributed by atoms with E-state index in [1.165, 1.54) is 0 Å². The predicted molar refractivity (Wildman–Crippen MR) is 127 cm³/mol. The number of carbonyl (C=O) groups is 1. The lowest BCUT2D eigenvalue weighted by Crippen LogP contribution is -2.17. The molecule has 4 nitrogen and oxygen atoms in total. The third-order valence-corrected chi connectivity index (χ3v) is 5.54. The second-order valence-electron chi connectivity index (χ2n) is 8.86. The Labute approximate surface area is 187 Å². The molecule has 0 N–H and O–H groups in total. The maximum Gasteiger partial charge on any atom is 0.343 e. The van der Waals surface area contributed by atoms with Crippen molar-refractivity contribution in [1.29, 1.82) is 0 Å². The lowest BCUT2D eigenvalue weighted by Gasteiger charge is -2.19. The first kappa shape index (κ1) is 21.6. The van der Waals surface area contributed by atoms with Crippen LogP contribution in [0.25, 0.3) is 22.3 Å². The molecule has 0 amide bonds. The summed E-state index contributed by atoms with van der Waals surface area (Å²) >= 11 is 0. The minimum Gasteiger partial charge on any atom is -0.452 e. The highest BCUT2D eigenvalue weighted by atomic mass is 16.5. The fourth-order valence-electron chi connectivity index (χ4n) is 3.58. The van der Waals surface area contributed by atoms with Crippen molar-refractivity contribution in [3.05, 3.63) is 99.7 Å². The Morgan fingerprint density at radius 3 is 2.25 bits per heavy atom. The van der Waals surface area contributed by atoms with Crippen molar-refractivity contribution in [2.45, 2.75) is 39.5 Å². The van der Waals surface area contributed by atoms with Crippen LogP contribution < -0.4 is 10.2 Å². The van der Waals surface area contributed by atoms with Crippen LogP contribution in [-0.4, -0.2) is 5.97 Å². The quantitative estimate of drug-likeness (QED) is 0.348. The number of carbonyl (C=O) groups excluding carboxylic acids is 1. The Kier molecular flexibility index (Phi) is 5.70. The first-order valence-corrected chi connectivity index (χ1v) is 10.8. The largest absolute Gasteiger partial charge is 0.452 e. The molecule has 0 aliphatic carbocycles. The van der Waals surface area contributed by atoms with Crippen LogP contribution in [0.2, 0.25) is 0 Å². The Bertz CT molecular complexity index is 1320. The van der Waals surface area contributed by atoms with Gasteiger partial charge in [0.05, 0.1) is 10.9 Å². The Balaban J connectivity index is 1.82. The second kappa shape index (κ2) is 8.46. The van der Waals surface area contributed by atoms with Crippen LogP contribution in [0, 0.1) is 0 Å². The molecule has 1 aromatic heterocycles. The van der Waals surface area contributed by atoms with Gasteiger partial charge in [-0.1, -0.05) is 76.2 Å². The van der Waals surface area contributed by atoms with E-state index in [9.17, 15) is 9.59 Å². The fourth-order valence-corrected chi connectivity index (χ4v) is 3.58. The number of fused-ring (bicyclic) bond motifs is 1. The first-order valence-electron chi connectivity index (χ1n) is 10.8. The fraction of sp³-hybridized carbons (Fsp3) is 0.214. The molecule has 162 valence electrons. The number of aryl methyl sites for hydroxylation is 1. The molecular formula is C28H26O4. The molecule has 0 saturated heterocycles. The summed E-state index contributed by atoms with van der Waals surface area (Å²) in [4.78, 5) is 26.4.